The van der Waals surface area contributed by atoms with Gasteiger partial charge in [-0.3, -0.25) is 9.69 Å². The number of rotatable bonds is 8. The lowest BCUT2D eigenvalue weighted by Crippen LogP contribution is -2.47. The Labute approximate surface area is 212 Å². The number of β-amino-alcohol motifs (C(OH)–C–C–N with tert-alkyl or cyclic N) is 1. The first kappa shape index (κ1) is 24.3. The number of aliphatic hydroxyl groups excluding tert-OH is 1. The van der Waals surface area contributed by atoms with E-state index in [1.54, 1.807) is 24.3 Å². The molecule has 11 heteroatoms. The number of anilines is 4. The topological polar surface area (TPSA) is 120 Å². The van der Waals surface area contributed by atoms with Gasteiger partial charge < -0.3 is 25.2 Å². The highest BCUT2D eigenvalue weighted by atomic mass is 19.1. The third-order valence-corrected chi connectivity index (χ3v) is 6.16. The molecule has 0 bridgehead atoms. The van der Waals surface area contributed by atoms with E-state index < -0.39 is 5.82 Å². The third-order valence-electron chi connectivity index (χ3n) is 6.16. The van der Waals surface area contributed by atoms with Crippen molar-refractivity contribution in [2.45, 2.75) is 0 Å². The Hall–Kier alpha value is -4.35. The number of amides is 1. The maximum atomic E-state index is 15.0. The van der Waals surface area contributed by atoms with Gasteiger partial charge in [0.25, 0.3) is 0 Å². The maximum Gasteiger partial charge on any atom is 0.247 e. The van der Waals surface area contributed by atoms with E-state index in [-0.39, 0.29) is 24.1 Å². The largest absolute Gasteiger partial charge is 0.395 e. The molecule has 4 aromatic rings. The van der Waals surface area contributed by atoms with Crippen LogP contribution in [0.5, 0.6) is 0 Å². The molecule has 1 aliphatic heterocycles. The van der Waals surface area contributed by atoms with Crippen molar-refractivity contribution in [1.29, 1.82) is 0 Å². The quantitative estimate of drug-likeness (QED) is 0.311. The summed E-state index contributed by atoms with van der Waals surface area (Å²) in [5.41, 5.74) is 3.58. The Balaban J connectivity index is 1.34. The molecule has 190 valence electrons. The Morgan fingerprint density at radius 2 is 2.03 bits per heavy atom. The minimum atomic E-state index is -0.421. The van der Waals surface area contributed by atoms with Crippen molar-refractivity contribution in [2.24, 2.45) is 0 Å². The zero-order valence-corrected chi connectivity index (χ0v) is 20.0. The van der Waals surface area contributed by atoms with Crippen molar-refractivity contribution >= 4 is 40.0 Å². The van der Waals surface area contributed by atoms with E-state index in [1.165, 1.54) is 18.3 Å². The van der Waals surface area contributed by atoms with Crippen molar-refractivity contribution in [1.82, 2.24) is 20.0 Å². The Morgan fingerprint density at radius 1 is 1.19 bits per heavy atom. The van der Waals surface area contributed by atoms with Gasteiger partial charge in [-0.1, -0.05) is 23.9 Å². The van der Waals surface area contributed by atoms with Gasteiger partial charge in [-0.2, -0.15) is 0 Å². The molecule has 3 N–H and O–H groups in total. The number of piperazine rings is 1. The molecular weight excluding hydrogens is 477 g/mol. The summed E-state index contributed by atoms with van der Waals surface area (Å²) in [7, 11) is 0. The van der Waals surface area contributed by atoms with Gasteiger partial charge in [0.15, 0.2) is 0 Å². The second-order valence-corrected chi connectivity index (χ2v) is 8.55. The standard InChI is InChI=1S/C26H26FN7O3/c1-2-23(36)29-18-5-3-4-17(14-18)24-25-22(37-32-24)16-28-26(31-25)30-21-7-6-19(15-20(21)27)34-10-8-33(9-11-34)12-13-35/h2-7,14-16,35H,1,8-13H2,(H,29,36)(H,28,30,31). The van der Waals surface area contributed by atoms with Crippen molar-refractivity contribution in [3.05, 3.63) is 67.1 Å². The molecule has 0 spiro atoms. The fourth-order valence-corrected chi connectivity index (χ4v) is 4.23. The summed E-state index contributed by atoms with van der Waals surface area (Å²) in [5.74, 6) is -0.555. The Morgan fingerprint density at radius 3 is 2.78 bits per heavy atom. The SMILES string of the molecule is C=CC(=O)Nc1cccc(-c2noc3cnc(Nc4ccc(N5CCN(CCO)CC5)cc4F)nc23)c1. The van der Waals surface area contributed by atoms with E-state index in [2.05, 4.69) is 42.1 Å². The molecule has 1 aliphatic rings. The van der Waals surface area contributed by atoms with Gasteiger partial charge >= 0.3 is 0 Å². The van der Waals surface area contributed by atoms with E-state index in [9.17, 15) is 4.79 Å². The highest BCUT2D eigenvalue weighted by Crippen LogP contribution is 2.30. The lowest BCUT2D eigenvalue weighted by molar-refractivity contribution is -0.111. The molecule has 1 amide bonds. The summed E-state index contributed by atoms with van der Waals surface area (Å²) in [6.07, 6.45) is 2.66. The highest BCUT2D eigenvalue weighted by molar-refractivity contribution is 5.99. The number of aromatic nitrogens is 3. The van der Waals surface area contributed by atoms with Crippen molar-refractivity contribution in [3.8, 4) is 11.3 Å². The van der Waals surface area contributed by atoms with E-state index >= 15 is 4.39 Å². The van der Waals surface area contributed by atoms with Crippen LogP contribution < -0.4 is 15.5 Å². The van der Waals surface area contributed by atoms with Crippen LogP contribution in [0, 0.1) is 5.82 Å². The number of hydrogen-bond acceptors (Lipinski definition) is 9. The first-order valence-corrected chi connectivity index (χ1v) is 11.8. The second-order valence-electron chi connectivity index (χ2n) is 8.55. The number of nitrogens with zero attached hydrogens (tertiary/aromatic N) is 5. The molecule has 2 aromatic heterocycles. The van der Waals surface area contributed by atoms with Gasteiger partial charge in [-0.05, 0) is 36.4 Å². The molecule has 10 nitrogen and oxygen atoms in total. The average Bonchev–Trinajstić information content (AvgIpc) is 3.34. The number of carbonyl (C=O) groups is 1. The van der Waals surface area contributed by atoms with Crippen LogP contribution in [-0.4, -0.2) is 70.4 Å². The number of nitrogens with one attached hydrogen (secondary N) is 2. The van der Waals surface area contributed by atoms with Gasteiger partial charge in [-0.15, -0.1) is 0 Å². The van der Waals surface area contributed by atoms with Crippen LogP contribution in [0.3, 0.4) is 0 Å². The number of halogens is 1. The lowest BCUT2D eigenvalue weighted by Gasteiger charge is -2.35. The third kappa shape index (κ3) is 5.42. The molecule has 3 heterocycles. The van der Waals surface area contributed by atoms with Gasteiger partial charge in [0, 0.05) is 49.7 Å². The summed E-state index contributed by atoms with van der Waals surface area (Å²) < 4.78 is 20.4. The van der Waals surface area contributed by atoms with E-state index in [1.807, 2.05) is 12.1 Å². The molecular formula is C26H26FN7O3. The molecule has 37 heavy (non-hydrogen) atoms. The molecule has 5 rings (SSSR count). The van der Waals surface area contributed by atoms with E-state index in [4.69, 9.17) is 9.63 Å². The first-order chi connectivity index (χ1) is 18.0. The van der Waals surface area contributed by atoms with E-state index in [0.29, 0.717) is 34.6 Å². The fraction of sp³-hybridized carbons (Fsp3) is 0.231. The molecule has 0 radical (unpaired) electrons. The van der Waals surface area contributed by atoms with Crippen LogP contribution in [0.15, 0.2) is 65.8 Å². The zero-order chi connectivity index (χ0) is 25.8. The smallest absolute Gasteiger partial charge is 0.247 e. The summed E-state index contributed by atoms with van der Waals surface area (Å²) >= 11 is 0. The predicted molar refractivity (Wildman–Crippen MR) is 139 cm³/mol. The molecule has 0 atom stereocenters. The molecule has 0 aliphatic carbocycles. The van der Waals surface area contributed by atoms with Crippen LogP contribution in [0.2, 0.25) is 0 Å². The number of aliphatic hydroxyl groups is 1. The van der Waals surface area contributed by atoms with Crippen molar-refractivity contribution in [3.63, 3.8) is 0 Å². The van der Waals surface area contributed by atoms with Crippen LogP contribution in [-0.2, 0) is 4.79 Å². The second kappa shape index (κ2) is 10.7. The summed E-state index contributed by atoms with van der Waals surface area (Å²) in [6, 6.07) is 12.1. The van der Waals surface area contributed by atoms with Crippen LogP contribution in [0.4, 0.5) is 27.4 Å². The van der Waals surface area contributed by atoms with Crippen molar-refractivity contribution < 1.29 is 18.8 Å². The minimum absolute atomic E-state index is 0.138. The zero-order valence-electron chi connectivity index (χ0n) is 20.0. The van der Waals surface area contributed by atoms with E-state index in [0.717, 1.165) is 31.9 Å². The van der Waals surface area contributed by atoms with Crippen molar-refractivity contribution in [2.75, 3.05) is 54.9 Å². The monoisotopic (exact) mass is 503 g/mol. The average molecular weight is 504 g/mol. The molecule has 0 saturated carbocycles. The Kier molecular flexibility index (Phi) is 7.06. The number of hydrogen-bond donors (Lipinski definition) is 3. The normalized spacial score (nSPS) is 14.1. The lowest BCUT2D eigenvalue weighted by atomic mass is 10.1. The van der Waals surface area contributed by atoms with Crippen LogP contribution in [0.25, 0.3) is 22.4 Å². The van der Waals surface area contributed by atoms with Gasteiger partial charge in [0.1, 0.15) is 17.0 Å². The van der Waals surface area contributed by atoms with Gasteiger partial charge in [0.2, 0.25) is 17.4 Å². The maximum absolute atomic E-state index is 15.0. The predicted octanol–water partition coefficient (Wildman–Crippen LogP) is 3.41. The minimum Gasteiger partial charge on any atom is -0.395 e. The fourth-order valence-electron chi connectivity index (χ4n) is 4.23. The summed E-state index contributed by atoms with van der Waals surface area (Å²) in [5, 5.41) is 18.9. The van der Waals surface area contributed by atoms with Gasteiger partial charge in [-0.25, -0.2) is 14.4 Å². The summed E-state index contributed by atoms with van der Waals surface area (Å²) in [6.45, 7) is 7.42. The number of benzene rings is 2. The molecule has 1 fully saturated rings. The molecule has 2 aromatic carbocycles. The Bertz CT molecular complexity index is 1430. The molecule has 0 unspecified atom stereocenters. The summed E-state index contributed by atoms with van der Waals surface area (Å²) in [4.78, 5) is 24.7. The number of carbonyl (C=O) groups excluding carboxylic acids is 1. The van der Waals surface area contributed by atoms with Crippen LogP contribution >= 0.6 is 0 Å². The van der Waals surface area contributed by atoms with Crippen LogP contribution in [0.1, 0.15) is 0 Å². The molecule has 1 saturated heterocycles. The number of fused-ring (bicyclic) bond motifs is 1. The highest BCUT2D eigenvalue weighted by Gasteiger charge is 2.19. The van der Waals surface area contributed by atoms with Gasteiger partial charge in [0.05, 0.1) is 18.5 Å². The first-order valence-electron chi connectivity index (χ1n) is 11.8.